The molecule has 0 saturated heterocycles. The summed E-state index contributed by atoms with van der Waals surface area (Å²) in [7, 11) is 0. The Morgan fingerprint density at radius 3 is 2.56 bits per heavy atom. The van der Waals surface area contributed by atoms with Gasteiger partial charge in [-0.15, -0.1) is 0 Å². The maximum Gasteiger partial charge on any atom is 0.267 e. The lowest BCUT2D eigenvalue weighted by Crippen LogP contribution is -2.28. The van der Waals surface area contributed by atoms with Gasteiger partial charge < -0.3 is 10.1 Å². The molecular weight excluding hydrogens is 406 g/mol. The van der Waals surface area contributed by atoms with Crippen LogP contribution in [0.4, 0.5) is 0 Å². The normalized spacial score (nSPS) is 11.3. The number of pyridine rings is 2. The zero-order chi connectivity index (χ0) is 23.2. The Balaban J connectivity index is 0.000000837. The summed E-state index contributed by atoms with van der Waals surface area (Å²) < 4.78 is 0. The van der Waals surface area contributed by atoms with E-state index < -0.39 is 5.91 Å². The van der Waals surface area contributed by atoms with Gasteiger partial charge in [0.05, 0.1) is 12.3 Å². The van der Waals surface area contributed by atoms with E-state index in [9.17, 15) is 9.90 Å². The van der Waals surface area contributed by atoms with Gasteiger partial charge in [0.25, 0.3) is 5.91 Å². The number of carbonyl (C=O) groups is 1. The summed E-state index contributed by atoms with van der Waals surface area (Å²) in [6.07, 6.45) is 13.1. The summed E-state index contributed by atoms with van der Waals surface area (Å²) in [5, 5.41) is 18.9. The van der Waals surface area contributed by atoms with Crippen LogP contribution in [-0.2, 0) is 17.8 Å². The average Bonchev–Trinajstić information content (AvgIpc) is 3.30. The van der Waals surface area contributed by atoms with Gasteiger partial charge in [-0.05, 0) is 55.7 Å². The van der Waals surface area contributed by atoms with Crippen LogP contribution in [0.3, 0.4) is 0 Å². The van der Waals surface area contributed by atoms with Crippen molar-refractivity contribution in [3.8, 4) is 0 Å². The molecule has 0 aliphatic heterocycles. The van der Waals surface area contributed by atoms with Gasteiger partial charge in [0.2, 0.25) is 0 Å². The van der Waals surface area contributed by atoms with E-state index in [1.165, 1.54) is 17.6 Å². The minimum absolute atomic E-state index is 0.0830. The molecule has 3 heterocycles. The van der Waals surface area contributed by atoms with Crippen molar-refractivity contribution < 1.29 is 15.1 Å². The molecule has 32 heavy (non-hydrogen) atoms. The molecule has 0 bridgehead atoms. The number of carbonyl (C=O) groups excluding carboxylic acids is 1. The Hall–Kier alpha value is -3.33. The fourth-order valence-electron chi connectivity index (χ4n) is 2.91. The smallest absolute Gasteiger partial charge is 0.267 e. The first-order valence-corrected chi connectivity index (χ1v) is 10.5. The number of allylic oxidation sites excluding steroid dienone is 2. The quantitative estimate of drug-likeness (QED) is 0.177. The molecule has 3 aromatic rings. The molecule has 1 amide bonds. The molecule has 0 saturated carbocycles. The highest BCUT2D eigenvalue weighted by Crippen LogP contribution is 2.13. The number of aliphatic hydroxyl groups excluding tert-OH is 1. The van der Waals surface area contributed by atoms with E-state index >= 15 is 0 Å². The standard InChI is InChI=1S/C20H23N5O3.C4H8/c26-10-9-25(8-6-15-11-17-5-7-21-20(17)23-12-15)14-16-1-2-18(22-13-16)3-4-19(27)24-28;1-3-4-2/h1-5,7,11-13,26,28H,6,8-10,14H2,(H,21,23)(H,24,27);3-4H,1-2H3/b4-3+;4-3-. The largest absolute Gasteiger partial charge is 0.395 e. The van der Waals surface area contributed by atoms with Gasteiger partial charge in [0.1, 0.15) is 5.65 Å². The number of fused-ring (bicyclic) bond motifs is 1. The number of rotatable bonds is 9. The molecule has 0 spiro atoms. The zero-order valence-electron chi connectivity index (χ0n) is 18.5. The number of nitrogens with one attached hydrogen (secondary N) is 2. The van der Waals surface area contributed by atoms with Crippen molar-refractivity contribution in [1.82, 2.24) is 25.3 Å². The molecule has 0 aliphatic carbocycles. The summed E-state index contributed by atoms with van der Waals surface area (Å²) in [4.78, 5) is 25.0. The third-order valence-corrected chi connectivity index (χ3v) is 4.69. The molecule has 8 nitrogen and oxygen atoms in total. The highest BCUT2D eigenvalue weighted by atomic mass is 16.5. The molecule has 0 aliphatic rings. The lowest BCUT2D eigenvalue weighted by atomic mass is 10.1. The third kappa shape index (κ3) is 8.43. The molecule has 0 aromatic carbocycles. The van der Waals surface area contributed by atoms with Crippen molar-refractivity contribution in [3.63, 3.8) is 0 Å². The van der Waals surface area contributed by atoms with E-state index in [-0.39, 0.29) is 6.61 Å². The lowest BCUT2D eigenvalue weighted by Gasteiger charge is -2.21. The maximum absolute atomic E-state index is 11.0. The predicted octanol–water partition coefficient (Wildman–Crippen LogP) is 3.10. The summed E-state index contributed by atoms with van der Waals surface area (Å²) in [5.74, 6) is -0.604. The maximum atomic E-state index is 11.0. The van der Waals surface area contributed by atoms with Crippen LogP contribution in [0.2, 0.25) is 0 Å². The second-order valence-electron chi connectivity index (χ2n) is 7.08. The molecule has 3 rings (SSSR count). The molecule has 0 radical (unpaired) electrons. The van der Waals surface area contributed by atoms with Crippen LogP contribution in [0.1, 0.15) is 30.7 Å². The van der Waals surface area contributed by atoms with Crippen molar-refractivity contribution in [1.29, 1.82) is 0 Å². The van der Waals surface area contributed by atoms with Gasteiger partial charge in [-0.1, -0.05) is 18.2 Å². The Morgan fingerprint density at radius 1 is 1.12 bits per heavy atom. The predicted molar refractivity (Wildman–Crippen MR) is 126 cm³/mol. The number of hydrogen-bond donors (Lipinski definition) is 4. The van der Waals surface area contributed by atoms with Crippen LogP contribution in [0, 0.1) is 0 Å². The van der Waals surface area contributed by atoms with E-state index in [0.29, 0.717) is 18.8 Å². The number of hydroxylamine groups is 1. The summed E-state index contributed by atoms with van der Waals surface area (Å²) in [5.41, 5.74) is 5.19. The molecule has 4 N–H and O–H groups in total. The Morgan fingerprint density at radius 2 is 1.91 bits per heavy atom. The summed E-state index contributed by atoms with van der Waals surface area (Å²) in [6, 6.07) is 7.86. The first-order valence-electron chi connectivity index (χ1n) is 10.5. The number of nitrogens with zero attached hydrogens (tertiary/aromatic N) is 3. The van der Waals surface area contributed by atoms with E-state index in [0.717, 1.165) is 35.1 Å². The van der Waals surface area contributed by atoms with E-state index in [1.54, 1.807) is 12.3 Å². The minimum atomic E-state index is -0.604. The molecule has 0 unspecified atom stereocenters. The van der Waals surface area contributed by atoms with Gasteiger partial charge in [0, 0.05) is 49.7 Å². The van der Waals surface area contributed by atoms with E-state index in [4.69, 9.17) is 5.21 Å². The molecular formula is C24H31N5O3. The number of hydrogen-bond acceptors (Lipinski definition) is 6. The van der Waals surface area contributed by atoms with Gasteiger partial charge >= 0.3 is 0 Å². The van der Waals surface area contributed by atoms with Gasteiger partial charge in [0.15, 0.2) is 0 Å². The van der Waals surface area contributed by atoms with Gasteiger partial charge in [-0.25, -0.2) is 10.5 Å². The molecule has 0 fully saturated rings. The van der Waals surface area contributed by atoms with Crippen LogP contribution in [0.15, 0.2) is 61.1 Å². The monoisotopic (exact) mass is 437 g/mol. The first-order chi connectivity index (χ1) is 15.6. The highest BCUT2D eigenvalue weighted by molar-refractivity contribution is 5.90. The zero-order valence-corrected chi connectivity index (χ0v) is 18.5. The second kappa shape index (κ2) is 13.9. The van der Waals surface area contributed by atoms with Crippen molar-refractivity contribution >= 4 is 23.0 Å². The average molecular weight is 438 g/mol. The van der Waals surface area contributed by atoms with Crippen LogP contribution >= 0.6 is 0 Å². The van der Waals surface area contributed by atoms with Crippen LogP contribution in [-0.4, -0.2) is 55.8 Å². The van der Waals surface area contributed by atoms with Crippen LogP contribution < -0.4 is 5.48 Å². The second-order valence-corrected chi connectivity index (χ2v) is 7.08. The Kier molecular flexibility index (Phi) is 10.8. The SMILES string of the molecule is C/C=C\C.O=C(/C=C/c1ccc(CN(CCO)CCc2cnc3[nH]ccc3c2)cn1)NO. The lowest BCUT2D eigenvalue weighted by molar-refractivity contribution is -0.124. The molecule has 0 atom stereocenters. The molecule has 8 heteroatoms. The highest BCUT2D eigenvalue weighted by Gasteiger charge is 2.08. The topological polar surface area (TPSA) is 114 Å². The fourth-order valence-corrected chi connectivity index (χ4v) is 2.91. The Bertz CT molecular complexity index is 1010. The molecule has 170 valence electrons. The summed E-state index contributed by atoms with van der Waals surface area (Å²) in [6.45, 7) is 6.10. The summed E-state index contributed by atoms with van der Waals surface area (Å²) >= 11 is 0. The number of aliphatic hydroxyl groups is 1. The van der Waals surface area contributed by atoms with Crippen LogP contribution in [0.5, 0.6) is 0 Å². The van der Waals surface area contributed by atoms with Crippen molar-refractivity contribution in [2.75, 3.05) is 19.7 Å². The number of amides is 1. The van der Waals surface area contributed by atoms with Crippen LogP contribution in [0.25, 0.3) is 17.1 Å². The molecule has 3 aromatic heterocycles. The number of H-pyrrole nitrogens is 1. The van der Waals surface area contributed by atoms with Gasteiger partial charge in [-0.2, -0.15) is 0 Å². The first kappa shape index (κ1) is 24.9. The number of aromatic amines is 1. The van der Waals surface area contributed by atoms with Crippen molar-refractivity contribution in [2.24, 2.45) is 0 Å². The fraction of sp³-hybridized carbons (Fsp3) is 0.292. The van der Waals surface area contributed by atoms with E-state index in [1.807, 2.05) is 50.5 Å². The number of aromatic nitrogens is 3. The third-order valence-electron chi connectivity index (χ3n) is 4.69. The Labute approximate surface area is 188 Å². The minimum Gasteiger partial charge on any atom is -0.395 e. The van der Waals surface area contributed by atoms with Gasteiger partial charge in [-0.3, -0.25) is 19.9 Å². The van der Waals surface area contributed by atoms with Crippen molar-refractivity contribution in [3.05, 3.63) is 77.9 Å². The van der Waals surface area contributed by atoms with Crippen molar-refractivity contribution in [2.45, 2.75) is 26.8 Å². The van der Waals surface area contributed by atoms with E-state index in [2.05, 4.69) is 25.9 Å².